The monoisotopic (exact) mass is 275 g/mol. The van der Waals surface area contributed by atoms with Gasteiger partial charge in [0.05, 0.1) is 11.8 Å². The van der Waals surface area contributed by atoms with Gasteiger partial charge in [-0.15, -0.1) is 0 Å². The lowest BCUT2D eigenvalue weighted by molar-refractivity contribution is 0.284. The maximum absolute atomic E-state index is 5.45. The lowest BCUT2D eigenvalue weighted by atomic mass is 9.86. The van der Waals surface area contributed by atoms with Gasteiger partial charge >= 0.3 is 0 Å². The minimum absolute atomic E-state index is 0.401. The van der Waals surface area contributed by atoms with E-state index in [9.17, 15) is 0 Å². The summed E-state index contributed by atoms with van der Waals surface area (Å²) in [4.78, 5) is 4.55. The first-order valence-electron chi connectivity index (χ1n) is 7.39. The van der Waals surface area contributed by atoms with Gasteiger partial charge in [0.25, 0.3) is 0 Å². The molecule has 2 aromatic rings. The lowest BCUT2D eigenvalue weighted by Gasteiger charge is -2.26. The standard InChI is InChI=1S/C15H21N3O2/c1-3-16-12-6-4-11(5-7-12)15-17-14(18-20-15)13-8-9-19-10(13)2/h8-9,11-12,16H,3-7H2,1-2H3. The number of nitrogens with one attached hydrogen (secondary N) is 1. The zero-order valence-electron chi connectivity index (χ0n) is 12.1. The predicted octanol–water partition coefficient (Wildman–Crippen LogP) is 3.27. The molecule has 5 heteroatoms. The summed E-state index contributed by atoms with van der Waals surface area (Å²) >= 11 is 0. The Morgan fingerprint density at radius 2 is 2.10 bits per heavy atom. The molecule has 1 fully saturated rings. The van der Waals surface area contributed by atoms with Crippen molar-refractivity contribution in [2.75, 3.05) is 6.54 Å². The Morgan fingerprint density at radius 3 is 2.75 bits per heavy atom. The lowest BCUT2D eigenvalue weighted by Crippen LogP contribution is -2.32. The van der Waals surface area contributed by atoms with Gasteiger partial charge in [-0.3, -0.25) is 0 Å². The van der Waals surface area contributed by atoms with Crippen LogP contribution in [0.3, 0.4) is 0 Å². The number of hydrogen-bond acceptors (Lipinski definition) is 5. The normalized spacial score (nSPS) is 23.1. The molecule has 3 rings (SSSR count). The van der Waals surface area contributed by atoms with Gasteiger partial charge in [-0.2, -0.15) is 4.98 Å². The number of aromatic nitrogens is 2. The minimum atomic E-state index is 0.401. The number of rotatable bonds is 4. The van der Waals surface area contributed by atoms with Crippen LogP contribution < -0.4 is 5.32 Å². The Labute approximate surface area is 118 Å². The molecule has 0 atom stereocenters. The van der Waals surface area contributed by atoms with Crippen LogP contribution in [0.1, 0.15) is 50.2 Å². The van der Waals surface area contributed by atoms with Crippen LogP contribution in [0.15, 0.2) is 21.3 Å². The van der Waals surface area contributed by atoms with Crippen molar-refractivity contribution in [1.82, 2.24) is 15.5 Å². The van der Waals surface area contributed by atoms with E-state index >= 15 is 0 Å². The topological polar surface area (TPSA) is 64.1 Å². The van der Waals surface area contributed by atoms with Crippen molar-refractivity contribution in [1.29, 1.82) is 0 Å². The van der Waals surface area contributed by atoms with Crippen LogP contribution in [0, 0.1) is 6.92 Å². The second-order valence-electron chi connectivity index (χ2n) is 5.45. The number of furan rings is 1. The van der Waals surface area contributed by atoms with Crippen molar-refractivity contribution in [3.8, 4) is 11.4 Å². The third-order valence-electron chi connectivity index (χ3n) is 4.11. The van der Waals surface area contributed by atoms with E-state index in [0.29, 0.717) is 17.8 Å². The number of nitrogens with zero attached hydrogens (tertiary/aromatic N) is 2. The molecule has 5 nitrogen and oxygen atoms in total. The molecule has 0 spiro atoms. The Balaban J connectivity index is 1.68. The first-order chi connectivity index (χ1) is 9.78. The van der Waals surface area contributed by atoms with Crippen LogP contribution in [-0.2, 0) is 0 Å². The molecule has 1 aliphatic carbocycles. The van der Waals surface area contributed by atoms with Crippen LogP contribution in [0.2, 0.25) is 0 Å². The molecule has 0 amide bonds. The van der Waals surface area contributed by atoms with Crippen molar-refractivity contribution in [2.45, 2.75) is 51.5 Å². The molecule has 0 aromatic carbocycles. The largest absolute Gasteiger partial charge is 0.469 e. The highest BCUT2D eigenvalue weighted by molar-refractivity contribution is 5.56. The molecule has 20 heavy (non-hydrogen) atoms. The predicted molar refractivity (Wildman–Crippen MR) is 75.4 cm³/mol. The second kappa shape index (κ2) is 5.79. The van der Waals surface area contributed by atoms with Gasteiger partial charge in [-0.1, -0.05) is 12.1 Å². The van der Waals surface area contributed by atoms with Crippen LogP contribution in [0.5, 0.6) is 0 Å². The molecule has 0 unspecified atom stereocenters. The molecule has 0 aliphatic heterocycles. The van der Waals surface area contributed by atoms with Crippen LogP contribution in [-0.4, -0.2) is 22.7 Å². The number of hydrogen-bond donors (Lipinski definition) is 1. The van der Waals surface area contributed by atoms with Gasteiger partial charge in [0.2, 0.25) is 11.7 Å². The van der Waals surface area contributed by atoms with Gasteiger partial charge in [-0.25, -0.2) is 0 Å². The average molecular weight is 275 g/mol. The summed E-state index contributed by atoms with van der Waals surface area (Å²) in [5.41, 5.74) is 0.918. The maximum atomic E-state index is 5.45. The molecule has 0 saturated heterocycles. The van der Waals surface area contributed by atoms with Crippen LogP contribution in [0.4, 0.5) is 0 Å². The van der Waals surface area contributed by atoms with Crippen molar-refractivity contribution >= 4 is 0 Å². The summed E-state index contributed by atoms with van der Waals surface area (Å²) in [5, 5.41) is 7.60. The third kappa shape index (κ3) is 2.63. The maximum Gasteiger partial charge on any atom is 0.230 e. The van der Waals surface area contributed by atoms with E-state index in [-0.39, 0.29) is 0 Å². The van der Waals surface area contributed by atoms with Gasteiger partial charge < -0.3 is 14.3 Å². The van der Waals surface area contributed by atoms with E-state index in [0.717, 1.165) is 36.6 Å². The molecule has 2 aromatic heterocycles. The molecular weight excluding hydrogens is 254 g/mol. The van der Waals surface area contributed by atoms with E-state index in [1.54, 1.807) is 6.26 Å². The van der Waals surface area contributed by atoms with Gasteiger partial charge in [0.1, 0.15) is 5.76 Å². The molecule has 108 valence electrons. The smallest absolute Gasteiger partial charge is 0.230 e. The van der Waals surface area contributed by atoms with Crippen LogP contribution in [0.25, 0.3) is 11.4 Å². The summed E-state index contributed by atoms with van der Waals surface area (Å²) in [7, 11) is 0. The first kappa shape index (κ1) is 13.4. The number of aryl methyl sites for hydroxylation is 1. The Bertz CT molecular complexity index is 553. The Morgan fingerprint density at radius 1 is 1.30 bits per heavy atom. The van der Waals surface area contributed by atoms with Crippen molar-refractivity contribution < 1.29 is 8.94 Å². The fourth-order valence-electron chi connectivity index (χ4n) is 2.96. The highest BCUT2D eigenvalue weighted by Gasteiger charge is 2.26. The van der Waals surface area contributed by atoms with Gasteiger partial charge in [0, 0.05) is 12.0 Å². The van der Waals surface area contributed by atoms with Crippen molar-refractivity contribution in [3.05, 3.63) is 24.0 Å². The average Bonchev–Trinajstić information content (AvgIpc) is 3.08. The van der Waals surface area contributed by atoms with Gasteiger partial charge in [0.15, 0.2) is 0 Å². The fraction of sp³-hybridized carbons (Fsp3) is 0.600. The zero-order chi connectivity index (χ0) is 13.9. The zero-order valence-corrected chi connectivity index (χ0v) is 12.1. The van der Waals surface area contributed by atoms with E-state index in [4.69, 9.17) is 8.94 Å². The molecule has 1 N–H and O–H groups in total. The van der Waals surface area contributed by atoms with E-state index < -0.39 is 0 Å². The quantitative estimate of drug-likeness (QED) is 0.927. The summed E-state index contributed by atoms with van der Waals surface area (Å²) in [6.07, 6.45) is 6.25. The van der Waals surface area contributed by atoms with Crippen molar-refractivity contribution in [2.24, 2.45) is 0 Å². The van der Waals surface area contributed by atoms with Gasteiger partial charge in [-0.05, 0) is 45.2 Å². The molecule has 1 aliphatic rings. The molecular formula is C15H21N3O2. The summed E-state index contributed by atoms with van der Waals surface area (Å²) in [6, 6.07) is 2.53. The highest BCUT2D eigenvalue weighted by atomic mass is 16.5. The van der Waals surface area contributed by atoms with E-state index in [1.165, 1.54) is 12.8 Å². The molecule has 0 radical (unpaired) electrons. The van der Waals surface area contributed by atoms with E-state index in [2.05, 4.69) is 22.4 Å². The summed E-state index contributed by atoms with van der Waals surface area (Å²) in [5.74, 6) is 2.64. The third-order valence-corrected chi connectivity index (χ3v) is 4.11. The summed E-state index contributed by atoms with van der Waals surface area (Å²) in [6.45, 7) is 5.11. The first-order valence-corrected chi connectivity index (χ1v) is 7.39. The second-order valence-corrected chi connectivity index (χ2v) is 5.45. The molecule has 1 saturated carbocycles. The van der Waals surface area contributed by atoms with E-state index in [1.807, 2.05) is 13.0 Å². The van der Waals surface area contributed by atoms with Crippen molar-refractivity contribution in [3.63, 3.8) is 0 Å². The molecule has 2 heterocycles. The SMILES string of the molecule is CCNC1CCC(c2nc(-c3ccoc3C)no2)CC1. The Hall–Kier alpha value is -1.62. The highest BCUT2D eigenvalue weighted by Crippen LogP contribution is 2.33. The minimum Gasteiger partial charge on any atom is -0.469 e. The summed E-state index contributed by atoms with van der Waals surface area (Å²) < 4.78 is 10.7. The molecule has 0 bridgehead atoms. The van der Waals surface area contributed by atoms with Crippen LogP contribution >= 0.6 is 0 Å². The Kier molecular flexibility index (Phi) is 3.87. The fourth-order valence-corrected chi connectivity index (χ4v) is 2.96.